The molecule has 1 rings (SSSR count). The van der Waals surface area contributed by atoms with Gasteiger partial charge in [0.25, 0.3) is 0 Å². The van der Waals surface area contributed by atoms with Crippen LogP contribution < -0.4 is 11.3 Å². The third kappa shape index (κ3) is 6.50. The highest BCUT2D eigenvalue weighted by Crippen LogP contribution is 2.25. The highest BCUT2D eigenvalue weighted by Gasteiger charge is 2.13. The van der Waals surface area contributed by atoms with E-state index in [4.69, 9.17) is 5.84 Å². The van der Waals surface area contributed by atoms with Crippen LogP contribution in [0.1, 0.15) is 69.9 Å². The number of hydrazine groups is 1. The first-order valence-corrected chi connectivity index (χ1v) is 8.68. The van der Waals surface area contributed by atoms with Crippen LogP contribution in [-0.4, -0.2) is 0 Å². The van der Waals surface area contributed by atoms with Crippen LogP contribution in [0.3, 0.4) is 0 Å². The SMILES string of the molecule is CCCCCCCCCC(NN)c1ccc(F)cc1I. The molecule has 1 unspecified atom stereocenters. The maximum atomic E-state index is 13.1. The molecule has 0 aliphatic heterocycles. The maximum Gasteiger partial charge on any atom is 0.124 e. The summed E-state index contributed by atoms with van der Waals surface area (Å²) in [6, 6.07) is 5.03. The Bertz CT molecular complexity index is 385. The molecule has 0 heterocycles. The highest BCUT2D eigenvalue weighted by atomic mass is 127. The van der Waals surface area contributed by atoms with Crippen LogP contribution in [0.2, 0.25) is 0 Å². The largest absolute Gasteiger partial charge is 0.271 e. The Balaban J connectivity index is 2.32. The summed E-state index contributed by atoms with van der Waals surface area (Å²) in [5.41, 5.74) is 3.96. The molecule has 0 aromatic heterocycles. The molecule has 114 valence electrons. The van der Waals surface area contributed by atoms with Crippen LogP contribution in [-0.2, 0) is 0 Å². The lowest BCUT2D eigenvalue weighted by atomic mass is 10.00. The van der Waals surface area contributed by atoms with Crippen LogP contribution in [0.4, 0.5) is 4.39 Å². The minimum atomic E-state index is -0.190. The summed E-state index contributed by atoms with van der Waals surface area (Å²) in [5, 5.41) is 0. The number of halogens is 2. The van der Waals surface area contributed by atoms with Gasteiger partial charge in [0, 0.05) is 9.61 Å². The molecule has 1 atom stereocenters. The molecule has 20 heavy (non-hydrogen) atoms. The van der Waals surface area contributed by atoms with Gasteiger partial charge in [-0.25, -0.2) is 4.39 Å². The fourth-order valence-corrected chi connectivity index (χ4v) is 3.27. The van der Waals surface area contributed by atoms with Gasteiger partial charge in [-0.1, -0.05) is 57.9 Å². The molecule has 0 amide bonds. The second kappa shape index (κ2) is 10.5. The van der Waals surface area contributed by atoms with Gasteiger partial charge in [0.15, 0.2) is 0 Å². The molecule has 0 aliphatic rings. The smallest absolute Gasteiger partial charge is 0.124 e. The Kier molecular flexibility index (Phi) is 9.39. The van der Waals surface area contributed by atoms with Gasteiger partial charge in [0.2, 0.25) is 0 Å². The Hall–Kier alpha value is -0.200. The number of rotatable bonds is 10. The summed E-state index contributed by atoms with van der Waals surface area (Å²) < 4.78 is 14.1. The van der Waals surface area contributed by atoms with Crippen molar-refractivity contribution in [1.82, 2.24) is 5.43 Å². The lowest BCUT2D eigenvalue weighted by molar-refractivity contribution is 0.473. The van der Waals surface area contributed by atoms with Gasteiger partial charge in [0.1, 0.15) is 5.82 Å². The number of unbranched alkanes of at least 4 members (excludes halogenated alkanes) is 6. The third-order valence-electron chi connectivity index (χ3n) is 3.64. The predicted molar refractivity (Wildman–Crippen MR) is 91.8 cm³/mol. The summed E-state index contributed by atoms with van der Waals surface area (Å²) in [6.45, 7) is 2.24. The Labute approximate surface area is 135 Å². The van der Waals surface area contributed by atoms with Crippen LogP contribution in [0.5, 0.6) is 0 Å². The van der Waals surface area contributed by atoms with E-state index in [0.29, 0.717) is 0 Å². The van der Waals surface area contributed by atoms with Crippen molar-refractivity contribution < 1.29 is 4.39 Å². The standard InChI is InChI=1S/C16H26FIN2/c1-2-3-4-5-6-7-8-9-16(20-19)14-11-10-13(17)12-15(14)18/h10-12,16,20H,2-9,19H2,1H3. The summed E-state index contributed by atoms with van der Waals surface area (Å²) in [4.78, 5) is 0. The summed E-state index contributed by atoms with van der Waals surface area (Å²) in [7, 11) is 0. The normalized spacial score (nSPS) is 12.6. The first kappa shape index (κ1) is 17.9. The van der Waals surface area contributed by atoms with E-state index >= 15 is 0 Å². The van der Waals surface area contributed by atoms with E-state index in [2.05, 4.69) is 34.9 Å². The summed E-state index contributed by atoms with van der Waals surface area (Å²) >= 11 is 2.17. The van der Waals surface area contributed by atoms with Gasteiger partial charge in [-0.2, -0.15) is 0 Å². The zero-order chi connectivity index (χ0) is 14.8. The van der Waals surface area contributed by atoms with E-state index in [-0.39, 0.29) is 11.9 Å². The van der Waals surface area contributed by atoms with Crippen molar-refractivity contribution in [2.75, 3.05) is 0 Å². The first-order chi connectivity index (χ1) is 9.69. The third-order valence-corrected chi connectivity index (χ3v) is 4.57. The lowest BCUT2D eigenvalue weighted by Crippen LogP contribution is -2.28. The quantitative estimate of drug-likeness (QED) is 0.252. The van der Waals surface area contributed by atoms with E-state index in [1.807, 2.05) is 6.07 Å². The molecule has 0 saturated carbocycles. The molecule has 4 heteroatoms. The van der Waals surface area contributed by atoms with Crippen molar-refractivity contribution in [1.29, 1.82) is 0 Å². The molecule has 0 spiro atoms. The predicted octanol–water partition coefficient (Wildman–Crippen LogP) is 5.08. The zero-order valence-corrected chi connectivity index (χ0v) is 14.5. The Morgan fingerprint density at radius 3 is 2.40 bits per heavy atom. The van der Waals surface area contributed by atoms with Crippen molar-refractivity contribution in [3.63, 3.8) is 0 Å². The van der Waals surface area contributed by atoms with Crippen LogP contribution >= 0.6 is 22.6 Å². The number of benzene rings is 1. The number of nitrogens with one attached hydrogen (secondary N) is 1. The molecule has 0 aliphatic carbocycles. The van der Waals surface area contributed by atoms with E-state index in [0.717, 1.165) is 22.0 Å². The fraction of sp³-hybridized carbons (Fsp3) is 0.625. The topological polar surface area (TPSA) is 38.0 Å². The molecular formula is C16H26FIN2. The van der Waals surface area contributed by atoms with E-state index in [9.17, 15) is 4.39 Å². The molecule has 0 radical (unpaired) electrons. The molecule has 1 aromatic rings. The molecule has 3 N–H and O–H groups in total. The summed E-state index contributed by atoms with van der Waals surface area (Å²) in [6.07, 6.45) is 10.0. The molecule has 0 fully saturated rings. The van der Waals surface area contributed by atoms with Gasteiger partial charge in [-0.05, 0) is 46.7 Å². The molecule has 1 aromatic carbocycles. The van der Waals surface area contributed by atoms with Crippen molar-refractivity contribution in [2.45, 2.75) is 64.3 Å². The lowest BCUT2D eigenvalue weighted by Gasteiger charge is -2.18. The molecule has 2 nitrogen and oxygen atoms in total. The average molecular weight is 392 g/mol. The first-order valence-electron chi connectivity index (χ1n) is 7.60. The number of hydrogen-bond acceptors (Lipinski definition) is 2. The number of nitrogens with two attached hydrogens (primary N) is 1. The van der Waals surface area contributed by atoms with E-state index in [1.54, 1.807) is 6.07 Å². The van der Waals surface area contributed by atoms with Gasteiger partial charge in [-0.15, -0.1) is 0 Å². The van der Waals surface area contributed by atoms with Gasteiger partial charge in [-0.3, -0.25) is 11.3 Å². The minimum absolute atomic E-state index is 0.123. The average Bonchev–Trinajstić information content (AvgIpc) is 2.43. The Morgan fingerprint density at radius 2 is 1.80 bits per heavy atom. The molecule has 0 bridgehead atoms. The summed E-state index contributed by atoms with van der Waals surface area (Å²) in [5.74, 6) is 5.46. The maximum absolute atomic E-state index is 13.1. The molecular weight excluding hydrogens is 366 g/mol. The second-order valence-corrected chi connectivity index (χ2v) is 6.46. The van der Waals surface area contributed by atoms with Crippen molar-refractivity contribution >= 4 is 22.6 Å². The zero-order valence-electron chi connectivity index (χ0n) is 12.3. The van der Waals surface area contributed by atoms with Crippen molar-refractivity contribution in [2.24, 2.45) is 5.84 Å². The van der Waals surface area contributed by atoms with Gasteiger partial charge >= 0.3 is 0 Å². The monoisotopic (exact) mass is 392 g/mol. The van der Waals surface area contributed by atoms with Crippen LogP contribution in [0, 0.1) is 9.39 Å². The number of hydrogen-bond donors (Lipinski definition) is 2. The second-order valence-electron chi connectivity index (χ2n) is 5.30. The van der Waals surface area contributed by atoms with Crippen LogP contribution in [0.25, 0.3) is 0 Å². The van der Waals surface area contributed by atoms with Gasteiger partial charge < -0.3 is 0 Å². The van der Waals surface area contributed by atoms with Gasteiger partial charge in [0.05, 0.1) is 0 Å². The van der Waals surface area contributed by atoms with Crippen LogP contribution in [0.15, 0.2) is 18.2 Å². The van der Waals surface area contributed by atoms with E-state index in [1.165, 1.54) is 44.6 Å². The van der Waals surface area contributed by atoms with E-state index < -0.39 is 0 Å². The Morgan fingerprint density at radius 1 is 1.15 bits per heavy atom. The fourth-order valence-electron chi connectivity index (χ4n) is 2.42. The van der Waals surface area contributed by atoms with Crippen molar-refractivity contribution in [3.05, 3.63) is 33.1 Å². The van der Waals surface area contributed by atoms with Crippen molar-refractivity contribution in [3.8, 4) is 0 Å². The highest BCUT2D eigenvalue weighted by molar-refractivity contribution is 14.1. The minimum Gasteiger partial charge on any atom is -0.271 e. The molecule has 0 saturated heterocycles.